The number of nitrogens with one attached hydrogen (secondary N) is 1. The van der Waals surface area contributed by atoms with Crippen molar-refractivity contribution in [3.63, 3.8) is 0 Å². The van der Waals surface area contributed by atoms with Crippen LogP contribution in [0, 0.1) is 0 Å². The third-order valence-corrected chi connectivity index (χ3v) is 5.66. The minimum atomic E-state index is -4.55. The van der Waals surface area contributed by atoms with Gasteiger partial charge in [-0.15, -0.1) is 0 Å². The van der Waals surface area contributed by atoms with Crippen LogP contribution < -0.4 is 45.7 Å². The summed E-state index contributed by atoms with van der Waals surface area (Å²) in [5, 5.41) is 12.6. The molecule has 0 spiro atoms. The molecule has 0 aliphatic heterocycles. The van der Waals surface area contributed by atoms with E-state index in [1.165, 1.54) is 0 Å². The van der Waals surface area contributed by atoms with Crippen molar-refractivity contribution in [1.29, 1.82) is 0 Å². The van der Waals surface area contributed by atoms with Gasteiger partial charge in [0.15, 0.2) is 0 Å². The van der Waals surface area contributed by atoms with Crippen molar-refractivity contribution < 1.29 is 63.3 Å². The van der Waals surface area contributed by atoms with Crippen molar-refractivity contribution in [1.82, 2.24) is 5.32 Å². The van der Waals surface area contributed by atoms with Crippen molar-refractivity contribution in [2.24, 2.45) is 5.73 Å². The second-order valence-corrected chi connectivity index (χ2v) is 7.99. The molecule has 0 saturated carbocycles. The van der Waals surface area contributed by atoms with E-state index in [1.807, 2.05) is 0 Å². The van der Waals surface area contributed by atoms with Gasteiger partial charge in [-0.25, -0.2) is 0 Å². The molecule has 0 aromatic heterocycles. The van der Waals surface area contributed by atoms with Gasteiger partial charge < -0.3 is 35.6 Å². The first-order chi connectivity index (χ1) is 7.53. The van der Waals surface area contributed by atoms with Gasteiger partial charge in [0, 0.05) is 6.04 Å². The Balaban J connectivity index is 0. The van der Waals surface area contributed by atoms with Gasteiger partial charge in [0.1, 0.15) is 5.90 Å². The first-order valence-electron chi connectivity index (χ1n) is 4.56. The van der Waals surface area contributed by atoms with Crippen LogP contribution in [-0.2, 0) is 13.9 Å². The van der Waals surface area contributed by atoms with Crippen LogP contribution in [0.25, 0.3) is 0 Å². The summed E-state index contributed by atoms with van der Waals surface area (Å²) in [6.07, 6.45) is -0.532. The second-order valence-electron chi connectivity index (χ2n) is 3.52. The maximum absolute atomic E-state index is 11.2. The molecular weight excluding hydrogens is 297 g/mol. The van der Waals surface area contributed by atoms with Gasteiger partial charge in [-0.2, -0.15) is 0 Å². The van der Waals surface area contributed by atoms with Crippen LogP contribution in [0.4, 0.5) is 0 Å². The number of aliphatic carboxylic acids is 1. The molecule has 18 heavy (non-hydrogen) atoms. The van der Waals surface area contributed by atoms with E-state index >= 15 is 0 Å². The monoisotopic (exact) mass is 312 g/mol. The zero-order chi connectivity index (χ0) is 13.7. The average Bonchev–Trinajstić information content (AvgIpc) is 2.07. The Morgan fingerprint density at radius 2 is 1.83 bits per heavy atom. The second kappa shape index (κ2) is 8.81. The molecule has 1 unspecified atom stereocenters. The van der Waals surface area contributed by atoms with Crippen molar-refractivity contribution in [3.05, 3.63) is 0 Å². The summed E-state index contributed by atoms with van der Waals surface area (Å²) in [5.74, 6) is -2.55. The van der Waals surface area contributed by atoms with Crippen LogP contribution in [0.15, 0.2) is 0 Å². The van der Waals surface area contributed by atoms with E-state index < -0.39 is 39.2 Å². The van der Waals surface area contributed by atoms with Crippen molar-refractivity contribution in [3.8, 4) is 0 Å². The normalized spacial score (nSPS) is 16.4. The standard InChI is InChI=1S/C6H16N2O7P2.Na/c7-5(6(9)10)1-2-8-3-16(11,12)4-17(13,14)15;/h5,8H,1-4,7H2,(H,9,10)(H,11,12)(H2,13,14,15);/q;+1/p-1/t5-;/m0./s1. The van der Waals surface area contributed by atoms with Crippen molar-refractivity contribution in [2.45, 2.75) is 12.5 Å². The summed E-state index contributed by atoms with van der Waals surface area (Å²) in [5.41, 5.74) is 5.11. The van der Waals surface area contributed by atoms with Gasteiger partial charge >= 0.3 is 37.2 Å². The number of hydrogen-bond acceptors (Lipinski definition) is 6. The topological polar surface area (TPSA) is 173 Å². The van der Waals surface area contributed by atoms with Crippen LogP contribution >= 0.6 is 15.0 Å². The fraction of sp³-hybridized carbons (Fsp3) is 0.833. The molecule has 0 saturated heterocycles. The van der Waals surface area contributed by atoms with E-state index in [0.717, 1.165) is 0 Å². The minimum Gasteiger partial charge on any atom is -0.548 e. The zero-order valence-electron chi connectivity index (χ0n) is 9.85. The van der Waals surface area contributed by atoms with Gasteiger partial charge in [-0.05, 0) is 13.0 Å². The average molecular weight is 312 g/mol. The Morgan fingerprint density at radius 1 is 1.33 bits per heavy atom. The van der Waals surface area contributed by atoms with E-state index in [2.05, 4.69) is 5.32 Å². The molecule has 9 nitrogen and oxygen atoms in total. The summed E-state index contributed by atoms with van der Waals surface area (Å²) in [4.78, 5) is 36.4. The predicted molar refractivity (Wildman–Crippen MR) is 57.2 cm³/mol. The molecule has 0 radical (unpaired) electrons. The van der Waals surface area contributed by atoms with Gasteiger partial charge in [0.05, 0.1) is 12.3 Å². The molecule has 12 heteroatoms. The van der Waals surface area contributed by atoms with E-state index in [0.29, 0.717) is 0 Å². The SMILES string of the molecule is N[C@@H](CCNCP(=O)(O)CP(=O)(O)O)C(=O)[O-].[Na+]. The number of nitrogens with two attached hydrogens (primary N) is 1. The summed E-state index contributed by atoms with van der Waals surface area (Å²) < 4.78 is 21.8. The van der Waals surface area contributed by atoms with Gasteiger partial charge in [0.2, 0.25) is 7.37 Å². The number of carbonyl (C=O) groups is 1. The van der Waals surface area contributed by atoms with Gasteiger partial charge in [-0.1, -0.05) is 0 Å². The van der Waals surface area contributed by atoms with E-state index in [9.17, 15) is 19.0 Å². The molecule has 0 amide bonds. The molecule has 0 aromatic carbocycles. The predicted octanol–water partition coefficient (Wildman–Crippen LogP) is -5.59. The summed E-state index contributed by atoms with van der Waals surface area (Å²) in [6, 6.07) is -1.19. The zero-order valence-corrected chi connectivity index (χ0v) is 13.6. The first kappa shape index (κ1) is 21.0. The quantitative estimate of drug-likeness (QED) is 0.166. The molecule has 0 bridgehead atoms. The molecular formula is C6H15N2NaO7P2. The smallest absolute Gasteiger partial charge is 0.548 e. The summed E-state index contributed by atoms with van der Waals surface area (Å²) in [6.45, 7) is 0.0286. The van der Waals surface area contributed by atoms with Crippen molar-refractivity contribution >= 4 is 20.9 Å². The molecule has 102 valence electrons. The Hall–Kier alpha value is 0.730. The Bertz CT molecular complexity index is 360. The van der Waals surface area contributed by atoms with E-state index in [1.54, 1.807) is 0 Å². The Morgan fingerprint density at radius 3 is 2.22 bits per heavy atom. The summed E-state index contributed by atoms with van der Waals surface area (Å²) >= 11 is 0. The molecule has 6 N–H and O–H groups in total. The van der Waals surface area contributed by atoms with Gasteiger partial charge in [0.25, 0.3) is 0 Å². The molecule has 2 atom stereocenters. The molecule has 0 heterocycles. The number of carboxylic acids is 1. The third kappa shape index (κ3) is 11.8. The van der Waals surface area contributed by atoms with Crippen LogP contribution in [0.2, 0.25) is 0 Å². The maximum Gasteiger partial charge on any atom is 1.00 e. The number of rotatable bonds is 8. The number of hydrogen-bond donors (Lipinski definition) is 5. The Kier molecular flexibility index (Phi) is 10.3. The Labute approximate surface area is 126 Å². The maximum atomic E-state index is 11.2. The fourth-order valence-corrected chi connectivity index (χ4v) is 4.18. The largest absolute Gasteiger partial charge is 1.00 e. The minimum absolute atomic E-state index is 0. The van der Waals surface area contributed by atoms with Crippen molar-refractivity contribution in [2.75, 3.05) is 18.7 Å². The molecule has 0 rings (SSSR count). The summed E-state index contributed by atoms with van der Waals surface area (Å²) in [7, 11) is -8.53. The molecule has 0 aromatic rings. The van der Waals surface area contributed by atoms with Gasteiger partial charge in [-0.3, -0.25) is 9.13 Å². The van der Waals surface area contributed by atoms with Crippen LogP contribution in [0.5, 0.6) is 0 Å². The number of carboxylic acid groups (broad SMARTS) is 1. The third-order valence-electron chi connectivity index (χ3n) is 1.70. The van der Waals surface area contributed by atoms with Crippen LogP contribution in [0.1, 0.15) is 6.42 Å². The van der Waals surface area contributed by atoms with Crippen LogP contribution in [-0.4, -0.2) is 45.4 Å². The molecule has 0 fully saturated rings. The first-order valence-corrected chi connectivity index (χ1v) is 8.39. The van der Waals surface area contributed by atoms with E-state index in [4.69, 9.17) is 20.4 Å². The molecule has 0 aliphatic carbocycles. The number of carbonyl (C=O) groups excluding carboxylic acids is 1. The van der Waals surface area contributed by atoms with Crippen LogP contribution in [0.3, 0.4) is 0 Å². The molecule has 0 aliphatic rings. The van der Waals surface area contributed by atoms with E-state index in [-0.39, 0.29) is 42.5 Å². The fourth-order valence-electron chi connectivity index (χ4n) is 0.967.